The highest BCUT2D eigenvalue weighted by atomic mass is 32.2. The number of hydrogen-bond donors (Lipinski definition) is 1. The molecule has 4 heteroatoms. The predicted molar refractivity (Wildman–Crippen MR) is 45.5 cm³/mol. The van der Waals surface area contributed by atoms with Gasteiger partial charge in [-0.3, -0.25) is 4.79 Å². The molecule has 1 rings (SSSR count). The average Bonchev–Trinajstić information content (AvgIpc) is 2.34. The minimum absolute atomic E-state index is 0.0869. The summed E-state index contributed by atoms with van der Waals surface area (Å²) in [6, 6.07) is 0. The monoisotopic (exact) mass is 175 g/mol. The van der Waals surface area contributed by atoms with Crippen molar-refractivity contribution in [3.05, 3.63) is 0 Å². The van der Waals surface area contributed by atoms with E-state index in [4.69, 9.17) is 10.5 Å². The maximum Gasteiger partial charge on any atom is 0.186 e. The Balaban J connectivity index is 2.37. The van der Waals surface area contributed by atoms with Crippen LogP contribution >= 0.6 is 11.8 Å². The van der Waals surface area contributed by atoms with Crippen LogP contribution in [0.1, 0.15) is 13.3 Å². The third kappa shape index (κ3) is 2.47. The van der Waals surface area contributed by atoms with Crippen molar-refractivity contribution >= 4 is 16.9 Å². The summed E-state index contributed by atoms with van der Waals surface area (Å²) in [6.45, 7) is 2.84. The standard InChI is InChI=1S/C7H13NO2S/c1-5(9)11-7-2-3-10-6(7)4-8/h6-7H,2-4,8H2,1H3. The number of carbonyl (C=O) groups is 1. The summed E-state index contributed by atoms with van der Waals surface area (Å²) in [7, 11) is 0. The first-order valence-electron chi connectivity index (χ1n) is 3.73. The van der Waals surface area contributed by atoms with Crippen LogP contribution in [0.5, 0.6) is 0 Å². The van der Waals surface area contributed by atoms with E-state index in [-0.39, 0.29) is 16.5 Å². The molecule has 0 radical (unpaired) electrons. The first-order chi connectivity index (χ1) is 5.24. The summed E-state index contributed by atoms with van der Waals surface area (Å²) in [5.41, 5.74) is 5.45. The van der Waals surface area contributed by atoms with E-state index < -0.39 is 0 Å². The molecule has 2 unspecified atom stereocenters. The smallest absolute Gasteiger partial charge is 0.186 e. The summed E-state index contributed by atoms with van der Waals surface area (Å²) in [5, 5.41) is 0.441. The molecule has 1 aliphatic heterocycles. The highest BCUT2D eigenvalue weighted by Gasteiger charge is 2.28. The molecule has 0 amide bonds. The Morgan fingerprint density at radius 2 is 2.55 bits per heavy atom. The molecule has 0 bridgehead atoms. The highest BCUT2D eigenvalue weighted by molar-refractivity contribution is 8.14. The zero-order valence-electron chi connectivity index (χ0n) is 6.58. The molecule has 1 fully saturated rings. The van der Waals surface area contributed by atoms with Gasteiger partial charge < -0.3 is 10.5 Å². The Bertz CT molecular complexity index is 151. The van der Waals surface area contributed by atoms with Crippen molar-refractivity contribution in [2.24, 2.45) is 5.73 Å². The molecule has 1 heterocycles. The molecule has 3 nitrogen and oxygen atoms in total. The minimum Gasteiger partial charge on any atom is -0.376 e. The minimum atomic E-state index is 0.0869. The molecule has 1 aliphatic rings. The van der Waals surface area contributed by atoms with Gasteiger partial charge in [0.1, 0.15) is 0 Å². The largest absolute Gasteiger partial charge is 0.376 e. The molecule has 0 aromatic heterocycles. The summed E-state index contributed by atoms with van der Waals surface area (Å²) < 4.78 is 5.32. The summed E-state index contributed by atoms with van der Waals surface area (Å²) in [4.78, 5) is 10.7. The SMILES string of the molecule is CC(=O)SC1CCOC1CN. The number of rotatable bonds is 2. The van der Waals surface area contributed by atoms with E-state index in [9.17, 15) is 4.79 Å². The second-order valence-electron chi connectivity index (χ2n) is 2.58. The number of hydrogen-bond acceptors (Lipinski definition) is 4. The van der Waals surface area contributed by atoms with Crippen molar-refractivity contribution in [2.45, 2.75) is 24.7 Å². The van der Waals surface area contributed by atoms with Crippen LogP contribution in [0.15, 0.2) is 0 Å². The van der Waals surface area contributed by atoms with Crippen LogP contribution < -0.4 is 5.73 Å². The topological polar surface area (TPSA) is 52.3 Å². The van der Waals surface area contributed by atoms with E-state index in [1.165, 1.54) is 11.8 Å². The molecule has 0 aromatic carbocycles. The van der Waals surface area contributed by atoms with Crippen LogP contribution in [0.3, 0.4) is 0 Å². The summed E-state index contributed by atoms with van der Waals surface area (Å²) >= 11 is 1.35. The van der Waals surface area contributed by atoms with Gasteiger partial charge >= 0.3 is 0 Å². The Morgan fingerprint density at radius 1 is 1.82 bits per heavy atom. The van der Waals surface area contributed by atoms with Crippen LogP contribution in [0.2, 0.25) is 0 Å². The number of thioether (sulfide) groups is 1. The summed E-state index contributed by atoms with van der Waals surface area (Å²) in [5.74, 6) is 0. The van der Waals surface area contributed by atoms with Crippen LogP contribution in [0, 0.1) is 0 Å². The maximum atomic E-state index is 10.7. The van der Waals surface area contributed by atoms with E-state index >= 15 is 0 Å². The third-order valence-corrected chi connectivity index (χ3v) is 2.87. The molecule has 0 spiro atoms. The van der Waals surface area contributed by atoms with E-state index in [2.05, 4.69) is 0 Å². The molecule has 2 N–H and O–H groups in total. The van der Waals surface area contributed by atoms with Gasteiger partial charge in [-0.05, 0) is 6.42 Å². The fourth-order valence-electron chi connectivity index (χ4n) is 1.20. The van der Waals surface area contributed by atoms with Gasteiger partial charge in [0.25, 0.3) is 0 Å². The maximum absolute atomic E-state index is 10.7. The second-order valence-corrected chi connectivity index (χ2v) is 4.00. The molecule has 1 saturated heterocycles. The van der Waals surface area contributed by atoms with Gasteiger partial charge in [-0.25, -0.2) is 0 Å². The first kappa shape index (κ1) is 9.03. The molecule has 0 saturated carbocycles. The lowest BCUT2D eigenvalue weighted by Gasteiger charge is -2.13. The molecule has 64 valence electrons. The number of ether oxygens (including phenoxy) is 1. The van der Waals surface area contributed by atoms with Gasteiger partial charge in [0.2, 0.25) is 0 Å². The van der Waals surface area contributed by atoms with Gasteiger partial charge in [-0.2, -0.15) is 0 Å². The van der Waals surface area contributed by atoms with Gasteiger partial charge in [-0.1, -0.05) is 11.8 Å². The predicted octanol–water partition coefficient (Wildman–Crippen LogP) is 0.382. The molecule has 2 atom stereocenters. The van der Waals surface area contributed by atoms with Crippen LogP contribution in [-0.4, -0.2) is 29.6 Å². The Morgan fingerprint density at radius 3 is 3.09 bits per heavy atom. The van der Waals surface area contributed by atoms with Gasteiger partial charge in [0.15, 0.2) is 5.12 Å². The number of nitrogens with two attached hydrogens (primary N) is 1. The van der Waals surface area contributed by atoms with Crippen molar-refractivity contribution < 1.29 is 9.53 Å². The van der Waals surface area contributed by atoms with Crippen LogP contribution in [0.25, 0.3) is 0 Å². The van der Waals surface area contributed by atoms with Crippen molar-refractivity contribution in [2.75, 3.05) is 13.2 Å². The lowest BCUT2D eigenvalue weighted by atomic mass is 10.2. The normalized spacial score (nSPS) is 30.7. The van der Waals surface area contributed by atoms with Crippen molar-refractivity contribution in [3.8, 4) is 0 Å². The quantitative estimate of drug-likeness (QED) is 0.659. The molecule has 0 aromatic rings. The molecular weight excluding hydrogens is 162 g/mol. The lowest BCUT2D eigenvalue weighted by molar-refractivity contribution is -0.109. The van der Waals surface area contributed by atoms with E-state index in [1.807, 2.05) is 0 Å². The van der Waals surface area contributed by atoms with E-state index in [0.29, 0.717) is 6.54 Å². The zero-order valence-corrected chi connectivity index (χ0v) is 7.39. The average molecular weight is 175 g/mol. The van der Waals surface area contributed by atoms with Crippen molar-refractivity contribution in [1.82, 2.24) is 0 Å². The fraction of sp³-hybridized carbons (Fsp3) is 0.857. The summed E-state index contributed by atoms with van der Waals surface area (Å²) in [6.07, 6.45) is 1.04. The van der Waals surface area contributed by atoms with Crippen LogP contribution in [0.4, 0.5) is 0 Å². The van der Waals surface area contributed by atoms with Crippen molar-refractivity contribution in [3.63, 3.8) is 0 Å². The zero-order chi connectivity index (χ0) is 8.27. The Kier molecular flexibility index (Phi) is 3.36. The fourth-order valence-corrected chi connectivity index (χ4v) is 2.18. The highest BCUT2D eigenvalue weighted by Crippen LogP contribution is 2.26. The molecule has 11 heavy (non-hydrogen) atoms. The van der Waals surface area contributed by atoms with E-state index in [0.717, 1.165) is 13.0 Å². The molecular formula is C7H13NO2S. The first-order valence-corrected chi connectivity index (χ1v) is 4.61. The van der Waals surface area contributed by atoms with Gasteiger partial charge in [-0.15, -0.1) is 0 Å². The van der Waals surface area contributed by atoms with E-state index in [1.54, 1.807) is 6.92 Å². The second kappa shape index (κ2) is 4.09. The van der Waals surface area contributed by atoms with Gasteiger partial charge in [0, 0.05) is 25.3 Å². The third-order valence-electron chi connectivity index (χ3n) is 1.70. The lowest BCUT2D eigenvalue weighted by Crippen LogP contribution is -2.28. The Hall–Kier alpha value is -0.0600. The Labute approximate surface area is 70.7 Å². The van der Waals surface area contributed by atoms with Crippen molar-refractivity contribution in [1.29, 1.82) is 0 Å². The van der Waals surface area contributed by atoms with Crippen LogP contribution in [-0.2, 0) is 9.53 Å². The molecule has 0 aliphatic carbocycles. The van der Waals surface area contributed by atoms with Gasteiger partial charge in [0.05, 0.1) is 6.10 Å². The number of carbonyl (C=O) groups excluding carboxylic acids is 1.